The van der Waals surface area contributed by atoms with Crippen LogP contribution in [0.25, 0.3) is 0 Å². The lowest BCUT2D eigenvalue weighted by Gasteiger charge is -2.30. The molecule has 0 radical (unpaired) electrons. The van der Waals surface area contributed by atoms with Crippen molar-refractivity contribution in [3.05, 3.63) is 140 Å². The maximum absolute atomic E-state index is 13.8. The number of hydrogen-bond donors (Lipinski definition) is 0. The highest BCUT2D eigenvalue weighted by atomic mass is 17.1. The van der Waals surface area contributed by atoms with Gasteiger partial charge in [0.25, 0.3) is 0 Å². The molecule has 11 rings (SSSR count). The normalized spacial score (nSPS) is 23.6. The topological polar surface area (TPSA) is 316 Å². The van der Waals surface area contributed by atoms with Crippen LogP contribution in [0.4, 0.5) is 0 Å². The van der Waals surface area contributed by atoms with Crippen LogP contribution in [-0.2, 0) is 56.8 Å². The van der Waals surface area contributed by atoms with Crippen LogP contribution in [0.1, 0.15) is 124 Å². The van der Waals surface area contributed by atoms with Gasteiger partial charge in [0.1, 0.15) is 0 Å². The van der Waals surface area contributed by atoms with Gasteiger partial charge in [0, 0.05) is 0 Å². The Hall–Kier alpha value is -9.48. The van der Waals surface area contributed by atoms with E-state index in [1.165, 1.54) is 0 Å². The van der Waals surface area contributed by atoms with Gasteiger partial charge in [-0.15, -0.1) is 0 Å². The molecule has 0 fully saturated rings. The minimum Gasteiger partial charge on any atom is -0.348 e. The fourth-order valence-corrected chi connectivity index (χ4v) is 6.49. The van der Waals surface area contributed by atoms with Crippen molar-refractivity contribution in [2.45, 2.75) is 18.5 Å². The molecule has 0 amide bonds. The van der Waals surface area contributed by atoms with E-state index in [1.807, 2.05) is 0 Å². The van der Waals surface area contributed by atoms with Gasteiger partial charge in [-0.1, -0.05) is 0 Å². The van der Waals surface area contributed by atoms with E-state index in [0.717, 1.165) is 60.7 Å². The number of esters is 12. The molecule has 0 saturated carbocycles. The minimum absolute atomic E-state index is 0.290. The fraction of sp³-hybridized carbons (Fsp3) is 0.0769. The van der Waals surface area contributed by atoms with E-state index in [4.69, 9.17) is 56.8 Å². The molecular weight excluding hydrogens is 852 g/mol. The molecule has 3 atom stereocenters. The molecular formula is C39H12O24. The molecule has 312 valence electrons. The number of hydrogen-bond acceptors (Lipinski definition) is 24. The van der Waals surface area contributed by atoms with Crippen molar-refractivity contribution < 1.29 is 114 Å². The zero-order chi connectivity index (χ0) is 44.3. The summed E-state index contributed by atoms with van der Waals surface area (Å²) >= 11 is 0. The zero-order valence-corrected chi connectivity index (χ0v) is 30.2. The van der Waals surface area contributed by atoms with Crippen LogP contribution in [0.3, 0.4) is 0 Å². The van der Waals surface area contributed by atoms with E-state index in [2.05, 4.69) is 0 Å². The maximum Gasteiger partial charge on any atom is 0.620 e. The SMILES string of the molecule is O=C1OC2(OC(=O)c3ccc(c(C(=O)OC45OC(=O)c6ccc(c(c6)C(=O)O4)C(=O)O5)c3)C(=O)O2)OC(=O)c2cc1ccc2C(=O)OC12OC(=O)c3ccc(c(c3)C(=O)O1)C(=O)O2. The predicted molar refractivity (Wildman–Crippen MR) is 179 cm³/mol. The largest absolute Gasteiger partial charge is 0.620 e. The van der Waals surface area contributed by atoms with Crippen LogP contribution in [-0.4, -0.2) is 90.1 Å². The van der Waals surface area contributed by atoms with Crippen molar-refractivity contribution in [1.82, 2.24) is 0 Å². The third-order valence-electron chi connectivity index (χ3n) is 9.39. The summed E-state index contributed by atoms with van der Waals surface area (Å²) in [6.45, 7) is 0. The van der Waals surface area contributed by atoms with Gasteiger partial charge >= 0.3 is 90.1 Å². The molecule has 24 heteroatoms. The lowest BCUT2D eigenvalue weighted by Crippen LogP contribution is -2.49. The van der Waals surface area contributed by atoms with Crippen LogP contribution in [0.5, 0.6) is 0 Å². The zero-order valence-electron chi connectivity index (χ0n) is 30.2. The molecule has 10 bridgehead atoms. The molecule has 7 heterocycles. The van der Waals surface area contributed by atoms with E-state index in [0.29, 0.717) is 12.1 Å². The van der Waals surface area contributed by atoms with Crippen LogP contribution < -0.4 is 0 Å². The Kier molecular flexibility index (Phi) is 7.65. The lowest BCUT2D eigenvalue weighted by atomic mass is 10.0. The van der Waals surface area contributed by atoms with Crippen LogP contribution in [0.15, 0.2) is 72.8 Å². The summed E-state index contributed by atoms with van der Waals surface area (Å²) in [5, 5.41) is 0. The molecule has 24 nitrogen and oxygen atoms in total. The Bertz CT molecular complexity index is 3000. The summed E-state index contributed by atoms with van der Waals surface area (Å²) < 4.78 is 60.3. The second-order valence-electron chi connectivity index (χ2n) is 13.2. The number of carbonyl (C=O) groups is 12. The van der Waals surface area contributed by atoms with E-state index in [1.54, 1.807) is 0 Å². The molecule has 3 unspecified atom stereocenters. The second-order valence-corrected chi connectivity index (χ2v) is 13.2. The van der Waals surface area contributed by atoms with Gasteiger partial charge in [-0.05, 0) is 72.8 Å². The monoisotopic (exact) mass is 864 g/mol. The van der Waals surface area contributed by atoms with Crippen LogP contribution >= 0.6 is 0 Å². The third-order valence-corrected chi connectivity index (χ3v) is 9.39. The Balaban J connectivity index is 0.943. The molecule has 0 aromatic heterocycles. The van der Waals surface area contributed by atoms with Gasteiger partial charge in [0.2, 0.25) is 0 Å². The highest BCUT2D eigenvalue weighted by Crippen LogP contribution is 2.37. The van der Waals surface area contributed by atoms with E-state index >= 15 is 0 Å². The first-order valence-electron chi connectivity index (χ1n) is 17.3. The van der Waals surface area contributed by atoms with Gasteiger partial charge in [-0.2, -0.15) is 0 Å². The van der Waals surface area contributed by atoms with Gasteiger partial charge < -0.3 is 56.8 Å². The summed E-state index contributed by atoms with van der Waals surface area (Å²) in [5.41, 5.74) is -7.35. The van der Waals surface area contributed by atoms with Crippen molar-refractivity contribution in [2.75, 3.05) is 0 Å². The second kappa shape index (κ2) is 12.8. The Morgan fingerprint density at radius 3 is 1.13 bits per heavy atom. The molecule has 63 heavy (non-hydrogen) atoms. The average Bonchev–Trinajstić information content (AvgIpc) is 3.26. The highest BCUT2D eigenvalue weighted by Gasteiger charge is 2.58. The smallest absolute Gasteiger partial charge is 0.348 e. The summed E-state index contributed by atoms with van der Waals surface area (Å²) in [4.78, 5) is 159. The Morgan fingerprint density at radius 1 is 0.317 bits per heavy atom. The molecule has 0 N–H and O–H groups in total. The third kappa shape index (κ3) is 5.92. The number of carbonyl (C=O) groups excluding carboxylic acids is 12. The van der Waals surface area contributed by atoms with Crippen molar-refractivity contribution in [3.63, 3.8) is 0 Å². The van der Waals surface area contributed by atoms with E-state index < -0.39 is 146 Å². The maximum atomic E-state index is 13.8. The first-order chi connectivity index (χ1) is 29.9. The van der Waals surface area contributed by atoms with Crippen LogP contribution in [0, 0.1) is 0 Å². The van der Waals surface area contributed by atoms with Crippen LogP contribution in [0.2, 0.25) is 0 Å². The first kappa shape index (κ1) is 37.8. The first-order valence-corrected chi connectivity index (χ1v) is 17.3. The number of rotatable bonds is 4. The van der Waals surface area contributed by atoms with Gasteiger partial charge in [-0.25, -0.2) is 57.5 Å². The van der Waals surface area contributed by atoms with Gasteiger partial charge in [-0.3, -0.25) is 0 Å². The molecule has 0 saturated heterocycles. The molecule has 7 aliphatic rings. The van der Waals surface area contributed by atoms with E-state index in [9.17, 15) is 57.5 Å². The highest BCUT2D eigenvalue weighted by molar-refractivity contribution is 6.11. The quantitative estimate of drug-likeness (QED) is 0.208. The summed E-state index contributed by atoms with van der Waals surface area (Å²) in [6, 6.07) is 10.8. The number of fused-ring (bicyclic) bond motifs is 12. The van der Waals surface area contributed by atoms with E-state index in [-0.39, 0.29) is 11.1 Å². The Labute approximate surface area is 343 Å². The van der Waals surface area contributed by atoms with Crippen molar-refractivity contribution in [2.24, 2.45) is 0 Å². The Morgan fingerprint density at radius 2 is 0.635 bits per heavy atom. The predicted octanol–water partition coefficient (Wildman–Crippen LogP) is 1.58. The fourth-order valence-electron chi connectivity index (χ4n) is 6.49. The standard InChI is InChI=1S/C39H12O24/c40-25-13-2-6-18(30(45)57-38-54-27(42)15-3-7-19(31(46)58-38)23(11-15)34(49)61-38)21(9-13)33(48)60-37(52-25)53-26(41)14-1-5-17(29(44)56-37)22(10-14)35(50)62-39-55-28(43)16-4-8-20(32(47)59-39)24(12-16)36(51)63-39/h1-12H. The molecule has 0 aliphatic carbocycles. The van der Waals surface area contributed by atoms with Crippen molar-refractivity contribution in [1.29, 1.82) is 0 Å². The lowest BCUT2D eigenvalue weighted by molar-refractivity contribution is -0.415. The molecule has 4 aromatic rings. The summed E-state index contributed by atoms with van der Waals surface area (Å²) in [6.07, 6.45) is -10.9. The minimum atomic E-state index is -3.81. The summed E-state index contributed by atoms with van der Waals surface area (Å²) in [7, 11) is 0. The van der Waals surface area contributed by atoms with Gasteiger partial charge in [0.15, 0.2) is 0 Å². The number of ether oxygens (including phenoxy) is 12. The molecule has 1 spiro atoms. The summed E-state index contributed by atoms with van der Waals surface area (Å²) in [5.74, 6) is -18.4. The average molecular weight is 865 g/mol. The molecule has 7 aliphatic heterocycles. The molecule has 4 aromatic carbocycles. The van der Waals surface area contributed by atoms with Crippen molar-refractivity contribution >= 4 is 71.6 Å². The number of benzene rings is 4. The van der Waals surface area contributed by atoms with Crippen molar-refractivity contribution in [3.8, 4) is 0 Å². The van der Waals surface area contributed by atoms with Gasteiger partial charge in [0.05, 0.1) is 66.8 Å².